The van der Waals surface area contributed by atoms with Crippen molar-refractivity contribution in [2.45, 2.75) is 26.3 Å². The van der Waals surface area contributed by atoms with Crippen LogP contribution < -0.4 is 15.2 Å². The Morgan fingerprint density at radius 2 is 2.17 bits per heavy atom. The molecule has 102 valence electrons. The summed E-state index contributed by atoms with van der Waals surface area (Å²) in [6.45, 7) is 5.09. The molecule has 0 saturated heterocycles. The molecule has 0 unspecified atom stereocenters. The van der Waals surface area contributed by atoms with Crippen LogP contribution in [0.15, 0.2) is 11.4 Å². The fourth-order valence-electron chi connectivity index (χ4n) is 1.17. The molecule has 0 aliphatic carbocycles. The topological polar surface area (TPSA) is 145 Å². The van der Waals surface area contributed by atoms with E-state index in [-0.39, 0.29) is 17.2 Å². The van der Waals surface area contributed by atoms with Crippen molar-refractivity contribution in [3.05, 3.63) is 11.8 Å². The average molecular weight is 276 g/mol. The van der Waals surface area contributed by atoms with Crippen LogP contribution in [-0.2, 0) is 10.2 Å². The number of nitrogens with two attached hydrogens (primary N) is 1. The second-order valence-electron chi connectivity index (χ2n) is 4.60. The zero-order valence-corrected chi connectivity index (χ0v) is 11.0. The zero-order valence-electron chi connectivity index (χ0n) is 10.2. The average Bonchev–Trinajstić information content (AvgIpc) is 2.59. The number of hydrogen-bond donors (Lipinski definition) is 5. The molecule has 0 aromatic carbocycles. The molecule has 9 nitrogen and oxygen atoms in total. The fourth-order valence-corrected chi connectivity index (χ4v) is 2.46. The number of amidine groups is 1. The number of H-pyrrole nitrogens is 1. The number of rotatable bonds is 4. The Hall–Kier alpha value is -1.81. The van der Waals surface area contributed by atoms with Crippen LogP contribution in [0.3, 0.4) is 0 Å². The number of nitrogens with one attached hydrogen (secondary N) is 3. The number of hydrogen-bond acceptors (Lipinski definition) is 5. The number of anilines is 1. The Balaban J connectivity index is 2.96. The van der Waals surface area contributed by atoms with Gasteiger partial charge in [-0.25, -0.2) is 0 Å². The van der Waals surface area contributed by atoms with E-state index in [2.05, 4.69) is 24.8 Å². The maximum Gasteiger partial charge on any atom is 0.300 e. The van der Waals surface area contributed by atoms with Crippen LogP contribution in [0.5, 0.6) is 0 Å². The summed E-state index contributed by atoms with van der Waals surface area (Å²) in [5, 5.41) is 17.4. The Labute approximate surface area is 105 Å². The molecule has 0 atom stereocenters. The molecule has 0 aliphatic heterocycles. The van der Waals surface area contributed by atoms with Crippen molar-refractivity contribution in [3.63, 3.8) is 0 Å². The van der Waals surface area contributed by atoms with E-state index in [1.807, 2.05) is 0 Å². The highest BCUT2D eigenvalue weighted by atomic mass is 32.2. The predicted molar refractivity (Wildman–Crippen MR) is 66.5 cm³/mol. The minimum atomic E-state index is -3.79. The normalized spacial score (nSPS) is 13.6. The minimum Gasteiger partial charge on any atom is -0.409 e. The Bertz CT molecular complexity index is 541. The molecule has 0 amide bonds. The molecule has 0 saturated carbocycles. The molecule has 1 aromatic rings. The fraction of sp³-hybridized carbons (Fsp3) is 0.500. The standard InChI is InChI=1S/C8H16N6O3S/c1-8(2,3)14-18(16,17)13-7-5(4-10-11-7)6(9)12-15/h4,14-15H,1-3H3,(H2,9,12)(H2,10,11,13). The molecular weight excluding hydrogens is 260 g/mol. The maximum atomic E-state index is 11.8. The first-order chi connectivity index (χ1) is 8.14. The van der Waals surface area contributed by atoms with E-state index >= 15 is 0 Å². The first-order valence-electron chi connectivity index (χ1n) is 4.97. The molecule has 0 radical (unpaired) electrons. The zero-order chi connectivity index (χ0) is 14.0. The number of oxime groups is 1. The molecule has 0 aliphatic rings. The third-order valence-corrected chi connectivity index (χ3v) is 3.05. The van der Waals surface area contributed by atoms with Gasteiger partial charge in [0.15, 0.2) is 5.84 Å². The van der Waals surface area contributed by atoms with E-state index in [1.54, 1.807) is 20.8 Å². The second-order valence-corrected chi connectivity index (χ2v) is 6.02. The summed E-state index contributed by atoms with van der Waals surface area (Å²) in [5.41, 5.74) is 4.88. The van der Waals surface area contributed by atoms with E-state index < -0.39 is 15.7 Å². The Morgan fingerprint density at radius 3 is 2.67 bits per heavy atom. The van der Waals surface area contributed by atoms with Crippen LogP contribution in [0.25, 0.3) is 0 Å². The van der Waals surface area contributed by atoms with Gasteiger partial charge < -0.3 is 10.9 Å². The van der Waals surface area contributed by atoms with Crippen LogP contribution in [-0.4, -0.2) is 35.2 Å². The molecule has 1 rings (SSSR count). The van der Waals surface area contributed by atoms with Crippen LogP contribution in [0.1, 0.15) is 26.3 Å². The van der Waals surface area contributed by atoms with Gasteiger partial charge in [0, 0.05) is 5.54 Å². The van der Waals surface area contributed by atoms with E-state index in [1.165, 1.54) is 6.20 Å². The van der Waals surface area contributed by atoms with Gasteiger partial charge in [0.05, 0.1) is 11.8 Å². The van der Waals surface area contributed by atoms with Gasteiger partial charge in [-0.05, 0) is 20.8 Å². The van der Waals surface area contributed by atoms with Gasteiger partial charge in [-0.15, -0.1) is 0 Å². The summed E-state index contributed by atoms with van der Waals surface area (Å²) in [7, 11) is -3.79. The third-order valence-electron chi connectivity index (χ3n) is 1.70. The monoisotopic (exact) mass is 276 g/mol. The van der Waals surface area contributed by atoms with Crippen LogP contribution in [0.4, 0.5) is 5.82 Å². The van der Waals surface area contributed by atoms with Gasteiger partial charge in [0.1, 0.15) is 5.82 Å². The molecule has 1 aromatic heterocycles. The lowest BCUT2D eigenvalue weighted by molar-refractivity contribution is 0.318. The van der Waals surface area contributed by atoms with Crippen molar-refractivity contribution in [2.75, 3.05) is 4.72 Å². The van der Waals surface area contributed by atoms with Gasteiger partial charge in [-0.2, -0.15) is 18.2 Å². The van der Waals surface area contributed by atoms with Crippen molar-refractivity contribution >= 4 is 21.9 Å². The van der Waals surface area contributed by atoms with Gasteiger partial charge in [0.2, 0.25) is 0 Å². The van der Waals surface area contributed by atoms with Crippen LogP contribution in [0.2, 0.25) is 0 Å². The van der Waals surface area contributed by atoms with Gasteiger partial charge in [-0.1, -0.05) is 5.16 Å². The lowest BCUT2D eigenvalue weighted by Crippen LogP contribution is -2.43. The van der Waals surface area contributed by atoms with E-state index in [9.17, 15) is 8.42 Å². The molecule has 10 heteroatoms. The molecule has 18 heavy (non-hydrogen) atoms. The smallest absolute Gasteiger partial charge is 0.300 e. The molecule has 0 spiro atoms. The predicted octanol–water partition coefficient (Wildman–Crippen LogP) is -0.451. The van der Waals surface area contributed by atoms with Crippen molar-refractivity contribution in [1.29, 1.82) is 0 Å². The van der Waals surface area contributed by atoms with Gasteiger partial charge in [-0.3, -0.25) is 9.82 Å². The first kappa shape index (κ1) is 14.3. The Morgan fingerprint density at radius 1 is 1.56 bits per heavy atom. The quantitative estimate of drug-likeness (QED) is 0.219. The minimum absolute atomic E-state index is 0.0158. The largest absolute Gasteiger partial charge is 0.409 e. The van der Waals surface area contributed by atoms with Crippen molar-refractivity contribution in [1.82, 2.24) is 14.9 Å². The summed E-state index contributed by atoms with van der Waals surface area (Å²) >= 11 is 0. The van der Waals surface area contributed by atoms with Crippen molar-refractivity contribution in [2.24, 2.45) is 10.9 Å². The highest BCUT2D eigenvalue weighted by Crippen LogP contribution is 2.12. The lowest BCUT2D eigenvalue weighted by atomic mass is 10.1. The van der Waals surface area contributed by atoms with Crippen LogP contribution >= 0.6 is 0 Å². The summed E-state index contributed by atoms with van der Waals surface area (Å²) in [5.74, 6) is -0.237. The highest BCUT2D eigenvalue weighted by molar-refractivity contribution is 7.90. The summed E-state index contributed by atoms with van der Waals surface area (Å²) in [4.78, 5) is 0. The molecule has 0 bridgehead atoms. The van der Waals surface area contributed by atoms with E-state index in [0.29, 0.717) is 0 Å². The van der Waals surface area contributed by atoms with Crippen molar-refractivity contribution in [3.8, 4) is 0 Å². The van der Waals surface area contributed by atoms with Crippen molar-refractivity contribution < 1.29 is 13.6 Å². The lowest BCUT2D eigenvalue weighted by Gasteiger charge is -2.20. The van der Waals surface area contributed by atoms with Gasteiger partial charge >= 0.3 is 10.2 Å². The molecule has 0 fully saturated rings. The number of aromatic nitrogens is 2. The first-order valence-corrected chi connectivity index (χ1v) is 6.46. The summed E-state index contributed by atoms with van der Waals surface area (Å²) in [6.07, 6.45) is 1.24. The summed E-state index contributed by atoms with van der Waals surface area (Å²) < 4.78 is 28.1. The van der Waals surface area contributed by atoms with E-state index in [0.717, 1.165) is 0 Å². The summed E-state index contributed by atoms with van der Waals surface area (Å²) in [6, 6.07) is 0. The van der Waals surface area contributed by atoms with Gasteiger partial charge in [0.25, 0.3) is 0 Å². The van der Waals surface area contributed by atoms with E-state index in [4.69, 9.17) is 10.9 Å². The second kappa shape index (κ2) is 4.82. The molecular formula is C8H16N6O3S. The molecule has 6 N–H and O–H groups in total. The number of aromatic amines is 1. The van der Waals surface area contributed by atoms with Crippen LogP contribution in [0, 0.1) is 0 Å². The SMILES string of the molecule is CC(C)(C)NS(=O)(=O)Nc1[nH]ncc1C(N)=NO. The maximum absolute atomic E-state index is 11.8. The Kier molecular flexibility index (Phi) is 3.82. The third kappa shape index (κ3) is 3.89. The molecule has 1 heterocycles. The number of nitrogens with zero attached hydrogens (tertiary/aromatic N) is 2. The highest BCUT2D eigenvalue weighted by Gasteiger charge is 2.22.